The number of hydrogen-bond donors (Lipinski definition) is 2. The molecule has 1 unspecified atom stereocenters. The predicted molar refractivity (Wildman–Crippen MR) is 125 cm³/mol. The molecule has 0 saturated heterocycles. The SMILES string of the molecule is CN=C(NCc1ccc(CS(C)(=O)=O)cc1)NCC(C)Oc1ccccc1F.I. The van der Waals surface area contributed by atoms with E-state index in [9.17, 15) is 12.8 Å². The van der Waals surface area contributed by atoms with Crippen LogP contribution in [-0.4, -0.2) is 40.3 Å². The zero-order chi connectivity index (χ0) is 20.6. The molecule has 0 amide bonds. The van der Waals surface area contributed by atoms with Gasteiger partial charge in [0.15, 0.2) is 27.4 Å². The van der Waals surface area contributed by atoms with Crippen molar-refractivity contribution in [2.45, 2.75) is 25.3 Å². The fourth-order valence-corrected chi connectivity index (χ4v) is 3.30. The molecule has 9 heteroatoms. The summed E-state index contributed by atoms with van der Waals surface area (Å²) in [6, 6.07) is 13.7. The Balaban J connectivity index is 0.00000420. The second-order valence-electron chi connectivity index (χ2n) is 6.55. The van der Waals surface area contributed by atoms with Crippen LogP contribution >= 0.6 is 24.0 Å². The molecule has 6 nitrogen and oxygen atoms in total. The van der Waals surface area contributed by atoms with Gasteiger partial charge in [0.05, 0.1) is 12.3 Å². The highest BCUT2D eigenvalue weighted by molar-refractivity contribution is 14.0. The molecule has 29 heavy (non-hydrogen) atoms. The lowest BCUT2D eigenvalue weighted by atomic mass is 10.1. The highest BCUT2D eigenvalue weighted by Crippen LogP contribution is 2.16. The standard InChI is InChI=1S/C20H26FN3O3S.HI/c1-15(27-19-7-5-4-6-18(19)21)12-23-20(22-2)24-13-16-8-10-17(11-9-16)14-28(3,25)26;/h4-11,15H,12-14H2,1-3H3,(H2,22,23,24);1H. The number of nitrogens with zero attached hydrogens (tertiary/aromatic N) is 1. The Morgan fingerprint density at radius 2 is 1.72 bits per heavy atom. The summed E-state index contributed by atoms with van der Waals surface area (Å²) in [7, 11) is -1.38. The molecule has 2 N–H and O–H groups in total. The molecule has 0 radical (unpaired) electrons. The van der Waals surface area contributed by atoms with Gasteiger partial charge in [0.25, 0.3) is 0 Å². The predicted octanol–water partition coefficient (Wildman–Crippen LogP) is 3.12. The molecule has 0 aliphatic carbocycles. The molecule has 0 aliphatic heterocycles. The second kappa shape index (κ2) is 12.0. The fraction of sp³-hybridized carbons (Fsp3) is 0.350. The molecule has 0 heterocycles. The number of para-hydroxylation sites is 1. The van der Waals surface area contributed by atoms with Gasteiger partial charge in [0.2, 0.25) is 0 Å². The van der Waals surface area contributed by atoms with Crippen molar-refractivity contribution in [2.24, 2.45) is 4.99 Å². The number of hydrogen-bond acceptors (Lipinski definition) is 4. The Hall–Kier alpha value is -1.88. The molecule has 2 rings (SSSR count). The van der Waals surface area contributed by atoms with Gasteiger partial charge in [-0.05, 0) is 30.2 Å². The first-order chi connectivity index (χ1) is 13.3. The van der Waals surface area contributed by atoms with E-state index >= 15 is 0 Å². The van der Waals surface area contributed by atoms with Crippen molar-refractivity contribution in [2.75, 3.05) is 19.8 Å². The van der Waals surface area contributed by atoms with E-state index in [1.807, 2.05) is 19.1 Å². The monoisotopic (exact) mass is 535 g/mol. The van der Waals surface area contributed by atoms with Gasteiger partial charge in [-0.25, -0.2) is 12.8 Å². The number of sulfone groups is 1. The van der Waals surface area contributed by atoms with Crippen molar-refractivity contribution in [3.05, 3.63) is 65.5 Å². The van der Waals surface area contributed by atoms with Crippen molar-refractivity contribution >= 4 is 39.8 Å². The minimum Gasteiger partial charge on any atom is -0.486 e. The smallest absolute Gasteiger partial charge is 0.191 e. The van der Waals surface area contributed by atoms with Crippen molar-refractivity contribution < 1.29 is 17.5 Å². The summed E-state index contributed by atoms with van der Waals surface area (Å²) in [5.41, 5.74) is 1.75. The number of ether oxygens (including phenoxy) is 1. The first-order valence-corrected chi connectivity index (χ1v) is 10.9. The third-order valence-corrected chi connectivity index (χ3v) is 4.71. The Morgan fingerprint density at radius 1 is 1.10 bits per heavy atom. The average molecular weight is 535 g/mol. The van der Waals surface area contributed by atoms with Gasteiger partial charge in [-0.1, -0.05) is 36.4 Å². The number of guanidine groups is 1. The van der Waals surface area contributed by atoms with Crippen LogP contribution in [0.25, 0.3) is 0 Å². The molecule has 0 saturated carbocycles. The Labute approximate surface area is 188 Å². The molecule has 160 valence electrons. The molecule has 0 aliphatic rings. The van der Waals surface area contributed by atoms with E-state index < -0.39 is 15.7 Å². The highest BCUT2D eigenvalue weighted by atomic mass is 127. The van der Waals surface area contributed by atoms with Crippen LogP contribution in [0.3, 0.4) is 0 Å². The zero-order valence-corrected chi connectivity index (χ0v) is 19.8. The van der Waals surface area contributed by atoms with Crippen molar-refractivity contribution in [1.82, 2.24) is 10.6 Å². The van der Waals surface area contributed by atoms with Crippen molar-refractivity contribution in [3.63, 3.8) is 0 Å². The molecule has 1 atom stereocenters. The van der Waals surface area contributed by atoms with E-state index in [1.165, 1.54) is 12.3 Å². The van der Waals surface area contributed by atoms with Gasteiger partial charge in [-0.15, -0.1) is 24.0 Å². The Kier molecular flexibility index (Phi) is 10.4. The maximum absolute atomic E-state index is 13.6. The number of nitrogens with one attached hydrogen (secondary N) is 2. The minimum absolute atomic E-state index is 0. The zero-order valence-electron chi connectivity index (χ0n) is 16.7. The minimum atomic E-state index is -3.04. The van der Waals surface area contributed by atoms with Crippen LogP contribution in [0.2, 0.25) is 0 Å². The molecular formula is C20H27FIN3O3S. The Bertz CT molecular complexity index is 905. The maximum atomic E-state index is 13.6. The molecule has 2 aromatic carbocycles. The van der Waals surface area contributed by atoms with Crippen LogP contribution in [-0.2, 0) is 22.1 Å². The normalized spacial score (nSPS) is 12.6. The van der Waals surface area contributed by atoms with E-state index in [0.717, 1.165) is 11.1 Å². The summed E-state index contributed by atoms with van der Waals surface area (Å²) in [6.45, 7) is 2.82. The molecule has 0 aromatic heterocycles. The summed E-state index contributed by atoms with van der Waals surface area (Å²) < 4.78 is 41.9. The fourth-order valence-electron chi connectivity index (χ4n) is 2.50. The molecule has 0 fully saturated rings. The van der Waals surface area contributed by atoms with E-state index in [1.54, 1.807) is 37.4 Å². The van der Waals surface area contributed by atoms with Crippen molar-refractivity contribution in [1.29, 1.82) is 0 Å². The van der Waals surface area contributed by atoms with E-state index in [4.69, 9.17) is 4.74 Å². The molecule has 0 bridgehead atoms. The van der Waals surface area contributed by atoms with Crippen LogP contribution in [0.4, 0.5) is 4.39 Å². The summed E-state index contributed by atoms with van der Waals surface area (Å²) in [6.07, 6.45) is 0.959. The second-order valence-corrected chi connectivity index (χ2v) is 8.69. The summed E-state index contributed by atoms with van der Waals surface area (Å²) in [5.74, 6) is 0.443. The largest absolute Gasteiger partial charge is 0.486 e. The number of halogens is 2. The first-order valence-electron chi connectivity index (χ1n) is 8.88. The number of benzene rings is 2. The van der Waals surface area contributed by atoms with Gasteiger partial charge in [-0.3, -0.25) is 4.99 Å². The lowest BCUT2D eigenvalue weighted by molar-refractivity contribution is 0.214. The lowest BCUT2D eigenvalue weighted by Crippen LogP contribution is -2.41. The van der Waals surface area contributed by atoms with Crippen molar-refractivity contribution in [3.8, 4) is 5.75 Å². The van der Waals surface area contributed by atoms with Gasteiger partial charge in [0, 0.05) is 19.8 Å². The van der Waals surface area contributed by atoms with Crippen LogP contribution < -0.4 is 15.4 Å². The van der Waals surface area contributed by atoms with E-state index in [-0.39, 0.29) is 41.6 Å². The molecule has 2 aromatic rings. The average Bonchev–Trinajstić information content (AvgIpc) is 2.64. The van der Waals surface area contributed by atoms with Gasteiger partial charge >= 0.3 is 0 Å². The van der Waals surface area contributed by atoms with Crippen LogP contribution in [0.15, 0.2) is 53.5 Å². The number of rotatable bonds is 8. The lowest BCUT2D eigenvalue weighted by Gasteiger charge is -2.18. The summed E-state index contributed by atoms with van der Waals surface area (Å²) in [4.78, 5) is 4.15. The van der Waals surface area contributed by atoms with E-state index in [2.05, 4.69) is 15.6 Å². The molecule has 0 spiro atoms. The quantitative estimate of drug-likeness (QED) is 0.309. The van der Waals surface area contributed by atoms with Gasteiger partial charge < -0.3 is 15.4 Å². The summed E-state index contributed by atoms with van der Waals surface area (Å²) in [5, 5.41) is 6.31. The molecular weight excluding hydrogens is 508 g/mol. The topological polar surface area (TPSA) is 79.8 Å². The third kappa shape index (κ3) is 9.44. The van der Waals surface area contributed by atoms with Crippen LogP contribution in [0.1, 0.15) is 18.1 Å². The maximum Gasteiger partial charge on any atom is 0.191 e. The first kappa shape index (κ1) is 25.2. The highest BCUT2D eigenvalue weighted by Gasteiger charge is 2.09. The van der Waals surface area contributed by atoms with E-state index in [0.29, 0.717) is 19.0 Å². The number of aliphatic imine (C=N–C) groups is 1. The van der Waals surface area contributed by atoms with Gasteiger partial charge in [0.1, 0.15) is 6.10 Å². The summed E-state index contributed by atoms with van der Waals surface area (Å²) >= 11 is 0. The van der Waals surface area contributed by atoms with Gasteiger partial charge in [-0.2, -0.15) is 0 Å². The van der Waals surface area contributed by atoms with Crippen LogP contribution in [0, 0.1) is 5.82 Å². The third-order valence-electron chi connectivity index (χ3n) is 3.86. The Morgan fingerprint density at radius 3 is 2.31 bits per heavy atom. The van der Waals surface area contributed by atoms with Crippen LogP contribution in [0.5, 0.6) is 5.75 Å².